The summed E-state index contributed by atoms with van der Waals surface area (Å²) in [7, 11) is 0. The Morgan fingerprint density at radius 2 is 1.96 bits per heavy atom. The van der Waals surface area contributed by atoms with Crippen molar-refractivity contribution in [2.45, 2.75) is 56.9 Å². The second-order valence-corrected chi connectivity index (χ2v) is 9.72. The maximum atomic E-state index is 13.5. The molecule has 0 unspecified atom stereocenters. The number of amides is 1. The Morgan fingerprint density at radius 3 is 2.52 bits per heavy atom. The highest BCUT2D eigenvalue weighted by molar-refractivity contribution is 7.10. The van der Waals surface area contributed by atoms with Gasteiger partial charge >= 0.3 is 0 Å². The Balaban J connectivity index is 1.53. The zero-order valence-electron chi connectivity index (χ0n) is 15.5. The molecule has 1 amide bonds. The highest BCUT2D eigenvalue weighted by Gasteiger charge is 2.68. The summed E-state index contributed by atoms with van der Waals surface area (Å²) >= 11 is 1.73. The molecule has 4 nitrogen and oxygen atoms in total. The van der Waals surface area contributed by atoms with Gasteiger partial charge in [0.25, 0.3) is 0 Å². The quantitative estimate of drug-likeness (QED) is 0.875. The fraction of sp³-hybridized carbons (Fsp3) is 0.750. The molecule has 25 heavy (non-hydrogen) atoms. The van der Waals surface area contributed by atoms with Gasteiger partial charge in [-0.15, -0.1) is 11.3 Å². The van der Waals surface area contributed by atoms with E-state index < -0.39 is 0 Å². The van der Waals surface area contributed by atoms with Crippen LogP contribution in [0.25, 0.3) is 0 Å². The molecule has 1 aromatic rings. The molecule has 1 atom stereocenters. The number of nitrogens with zero attached hydrogens (tertiary/aromatic N) is 1. The van der Waals surface area contributed by atoms with E-state index in [1.165, 1.54) is 17.7 Å². The van der Waals surface area contributed by atoms with Crippen LogP contribution < -0.4 is 5.32 Å². The lowest BCUT2D eigenvalue weighted by Crippen LogP contribution is -2.58. The van der Waals surface area contributed by atoms with E-state index in [4.69, 9.17) is 4.74 Å². The van der Waals surface area contributed by atoms with Gasteiger partial charge in [0, 0.05) is 24.5 Å². The third-order valence-electron chi connectivity index (χ3n) is 6.64. The first-order valence-electron chi connectivity index (χ1n) is 9.64. The van der Waals surface area contributed by atoms with Gasteiger partial charge in [0.15, 0.2) is 0 Å². The summed E-state index contributed by atoms with van der Waals surface area (Å²) in [5, 5.41) is 5.67. The first-order valence-corrected chi connectivity index (χ1v) is 10.5. The molecule has 0 spiro atoms. The lowest BCUT2D eigenvalue weighted by atomic mass is 9.89. The molecule has 2 aliphatic carbocycles. The summed E-state index contributed by atoms with van der Waals surface area (Å²) in [6.45, 7) is 9.04. The maximum absolute atomic E-state index is 13.5. The number of ether oxygens (including phenoxy) is 1. The normalized spacial score (nSPS) is 31.0. The fourth-order valence-corrected chi connectivity index (χ4v) is 6.07. The lowest BCUT2D eigenvalue weighted by Gasteiger charge is -2.39. The SMILES string of the molecule is CC1(C)C[C@@]1(C(=O)NC1(CN2CCOCC2)CCCC1)c1cccs1. The van der Waals surface area contributed by atoms with Crippen molar-refractivity contribution in [1.29, 1.82) is 0 Å². The highest BCUT2D eigenvalue weighted by Crippen LogP contribution is 2.65. The van der Waals surface area contributed by atoms with Crippen LogP contribution in [0.5, 0.6) is 0 Å². The monoisotopic (exact) mass is 362 g/mol. The number of morpholine rings is 1. The number of hydrogen-bond donors (Lipinski definition) is 1. The zero-order valence-corrected chi connectivity index (χ0v) is 16.3. The molecule has 138 valence electrons. The molecule has 4 rings (SSSR count). The molecule has 2 saturated carbocycles. The van der Waals surface area contributed by atoms with E-state index in [9.17, 15) is 4.79 Å². The predicted octanol–water partition coefficient (Wildman–Crippen LogP) is 3.18. The van der Waals surface area contributed by atoms with E-state index in [0.29, 0.717) is 0 Å². The standard InChI is InChI=1S/C20H30N2O2S/c1-18(2)14-20(18,16-6-5-13-25-16)17(23)21-19(7-3-4-8-19)15-22-9-11-24-12-10-22/h5-6,13H,3-4,7-12,14-15H2,1-2H3,(H,21,23)/t20-/m0/s1. The Labute approximate surface area is 154 Å². The van der Waals surface area contributed by atoms with E-state index in [1.807, 2.05) is 0 Å². The van der Waals surface area contributed by atoms with Gasteiger partial charge in [0.2, 0.25) is 5.91 Å². The van der Waals surface area contributed by atoms with Gasteiger partial charge < -0.3 is 10.1 Å². The van der Waals surface area contributed by atoms with Crippen LogP contribution in [0.1, 0.15) is 50.8 Å². The number of carbonyl (C=O) groups is 1. The number of nitrogens with one attached hydrogen (secondary N) is 1. The van der Waals surface area contributed by atoms with Gasteiger partial charge in [-0.2, -0.15) is 0 Å². The molecule has 0 aromatic carbocycles. The van der Waals surface area contributed by atoms with Crippen molar-refractivity contribution in [2.75, 3.05) is 32.8 Å². The highest BCUT2D eigenvalue weighted by atomic mass is 32.1. The van der Waals surface area contributed by atoms with Crippen molar-refractivity contribution in [2.24, 2.45) is 5.41 Å². The van der Waals surface area contributed by atoms with E-state index in [1.54, 1.807) is 11.3 Å². The minimum Gasteiger partial charge on any atom is -0.379 e. The summed E-state index contributed by atoms with van der Waals surface area (Å²) in [5.41, 5.74) is -0.306. The molecule has 1 aliphatic heterocycles. The third-order valence-corrected chi connectivity index (χ3v) is 7.67. The van der Waals surface area contributed by atoms with Gasteiger partial charge in [-0.1, -0.05) is 32.8 Å². The fourth-order valence-electron chi connectivity index (χ4n) is 4.97. The Bertz CT molecular complexity index is 616. The van der Waals surface area contributed by atoms with Gasteiger partial charge in [0.1, 0.15) is 0 Å². The summed E-state index contributed by atoms with van der Waals surface area (Å²) in [4.78, 5) is 17.2. The van der Waals surface area contributed by atoms with Gasteiger partial charge in [-0.25, -0.2) is 0 Å². The van der Waals surface area contributed by atoms with Crippen LogP contribution in [0.3, 0.4) is 0 Å². The van der Waals surface area contributed by atoms with Gasteiger partial charge in [-0.05, 0) is 36.1 Å². The number of carbonyl (C=O) groups excluding carboxylic acids is 1. The average molecular weight is 363 g/mol. The molecule has 3 aliphatic rings. The van der Waals surface area contributed by atoms with Crippen LogP contribution in [0, 0.1) is 5.41 Å². The molecule has 3 fully saturated rings. The number of hydrogen-bond acceptors (Lipinski definition) is 4. The van der Waals surface area contributed by atoms with Gasteiger partial charge in [0.05, 0.1) is 24.2 Å². The molecule has 1 saturated heterocycles. The van der Waals surface area contributed by atoms with Crippen LogP contribution >= 0.6 is 11.3 Å². The lowest BCUT2D eigenvalue weighted by molar-refractivity contribution is -0.126. The number of thiophene rings is 1. The molecule has 1 aromatic heterocycles. The average Bonchev–Trinajstić information content (AvgIpc) is 3.03. The van der Waals surface area contributed by atoms with Crippen molar-refractivity contribution in [3.8, 4) is 0 Å². The van der Waals surface area contributed by atoms with Crippen LogP contribution in [0.2, 0.25) is 0 Å². The Hall–Kier alpha value is -0.910. The molecule has 2 heterocycles. The van der Waals surface area contributed by atoms with Crippen molar-refractivity contribution in [1.82, 2.24) is 10.2 Å². The summed E-state index contributed by atoms with van der Waals surface area (Å²) in [6, 6.07) is 4.21. The topological polar surface area (TPSA) is 41.6 Å². The smallest absolute Gasteiger partial charge is 0.232 e. The van der Waals surface area contributed by atoms with Crippen LogP contribution in [-0.2, 0) is 14.9 Å². The summed E-state index contributed by atoms with van der Waals surface area (Å²) < 4.78 is 5.49. The minimum atomic E-state index is -0.318. The maximum Gasteiger partial charge on any atom is 0.232 e. The van der Waals surface area contributed by atoms with Crippen LogP contribution in [0.15, 0.2) is 17.5 Å². The second kappa shape index (κ2) is 6.36. The van der Waals surface area contributed by atoms with E-state index in [2.05, 4.69) is 41.6 Å². The van der Waals surface area contributed by atoms with Crippen molar-refractivity contribution >= 4 is 17.2 Å². The number of rotatable bonds is 5. The molecule has 0 bridgehead atoms. The predicted molar refractivity (Wildman–Crippen MR) is 101 cm³/mol. The van der Waals surface area contributed by atoms with E-state index in [0.717, 1.165) is 52.1 Å². The molecular formula is C20H30N2O2S. The third kappa shape index (κ3) is 3.04. The van der Waals surface area contributed by atoms with Crippen LogP contribution in [-0.4, -0.2) is 49.2 Å². The van der Waals surface area contributed by atoms with Crippen molar-refractivity contribution in [3.05, 3.63) is 22.4 Å². The van der Waals surface area contributed by atoms with E-state index >= 15 is 0 Å². The van der Waals surface area contributed by atoms with Crippen molar-refractivity contribution in [3.63, 3.8) is 0 Å². The molecular weight excluding hydrogens is 332 g/mol. The largest absolute Gasteiger partial charge is 0.379 e. The second-order valence-electron chi connectivity index (χ2n) is 8.77. The minimum absolute atomic E-state index is 0.0443. The molecule has 0 radical (unpaired) electrons. The van der Waals surface area contributed by atoms with Gasteiger partial charge in [-0.3, -0.25) is 9.69 Å². The summed E-state index contributed by atoms with van der Waals surface area (Å²) in [5.74, 6) is 0.259. The van der Waals surface area contributed by atoms with Crippen molar-refractivity contribution < 1.29 is 9.53 Å². The first kappa shape index (κ1) is 17.5. The Kier molecular flexibility index (Phi) is 4.45. The zero-order chi connectivity index (χ0) is 17.5. The molecule has 5 heteroatoms. The van der Waals surface area contributed by atoms with Crippen LogP contribution in [0.4, 0.5) is 0 Å². The Morgan fingerprint density at radius 1 is 1.28 bits per heavy atom. The summed E-state index contributed by atoms with van der Waals surface area (Å²) in [6.07, 6.45) is 5.62. The molecule has 1 N–H and O–H groups in total. The first-order chi connectivity index (χ1) is 12.0. The van der Waals surface area contributed by atoms with E-state index in [-0.39, 0.29) is 22.3 Å².